The first kappa shape index (κ1) is 17.9. The average molecular weight is 399 g/mol. The van der Waals surface area contributed by atoms with E-state index in [-0.39, 0.29) is 28.6 Å². The maximum absolute atomic E-state index is 12.9. The molecule has 0 aliphatic carbocycles. The minimum atomic E-state index is -0.451. The summed E-state index contributed by atoms with van der Waals surface area (Å²) in [6.07, 6.45) is 1.65. The summed E-state index contributed by atoms with van der Waals surface area (Å²) in [5, 5.41) is 20.7. The normalized spacial score (nSPS) is 14.2. The van der Waals surface area contributed by atoms with Gasteiger partial charge in [-0.3, -0.25) is 4.79 Å². The molecule has 6 nitrogen and oxygen atoms in total. The minimum absolute atomic E-state index is 0.0371. The summed E-state index contributed by atoms with van der Waals surface area (Å²) in [7, 11) is 1.60. The van der Waals surface area contributed by atoms with Crippen molar-refractivity contribution >= 4 is 22.8 Å². The van der Waals surface area contributed by atoms with Crippen LogP contribution in [0.15, 0.2) is 66.4 Å². The van der Waals surface area contributed by atoms with E-state index in [1.807, 2.05) is 48.5 Å². The van der Waals surface area contributed by atoms with Crippen molar-refractivity contribution in [3.8, 4) is 34.3 Å². The molecule has 1 aliphatic rings. The molecule has 3 aromatic carbocycles. The largest absolute Gasteiger partial charge is 0.504 e. The zero-order valence-electron chi connectivity index (χ0n) is 16.0. The lowest BCUT2D eigenvalue weighted by molar-refractivity contribution is 0.101. The number of phenols is 2. The van der Waals surface area contributed by atoms with E-state index >= 15 is 0 Å². The van der Waals surface area contributed by atoms with Crippen LogP contribution in [-0.2, 0) is 0 Å². The van der Waals surface area contributed by atoms with Gasteiger partial charge in [0, 0.05) is 16.5 Å². The van der Waals surface area contributed by atoms with Crippen LogP contribution < -0.4 is 9.47 Å². The Morgan fingerprint density at radius 1 is 1.03 bits per heavy atom. The topological polar surface area (TPSA) is 91.8 Å². The number of Topliss-reactive ketones (excluding diaryl/α,β-unsaturated/α-hetero) is 1. The number of allylic oxidation sites excluding steroid dienone is 1. The molecule has 0 saturated carbocycles. The van der Waals surface area contributed by atoms with Crippen LogP contribution in [0.2, 0.25) is 0 Å². The summed E-state index contributed by atoms with van der Waals surface area (Å²) in [5.74, 6) is -0.448. The van der Waals surface area contributed by atoms with Crippen molar-refractivity contribution in [1.82, 2.24) is 4.98 Å². The predicted octanol–water partition coefficient (Wildman–Crippen LogP) is 4.87. The Kier molecular flexibility index (Phi) is 3.99. The molecule has 148 valence electrons. The van der Waals surface area contributed by atoms with E-state index in [2.05, 4.69) is 4.98 Å². The lowest BCUT2D eigenvalue weighted by atomic mass is 10.0. The highest BCUT2D eigenvalue weighted by molar-refractivity contribution is 6.16. The van der Waals surface area contributed by atoms with Gasteiger partial charge in [-0.05, 0) is 42.0 Å². The molecule has 0 fully saturated rings. The van der Waals surface area contributed by atoms with Gasteiger partial charge in [-0.25, -0.2) is 0 Å². The summed E-state index contributed by atoms with van der Waals surface area (Å²) >= 11 is 0. The average Bonchev–Trinajstić information content (AvgIpc) is 3.29. The second kappa shape index (κ2) is 6.70. The second-order valence-electron chi connectivity index (χ2n) is 6.94. The fourth-order valence-corrected chi connectivity index (χ4v) is 3.66. The molecular formula is C24H17NO5. The van der Waals surface area contributed by atoms with Crippen molar-refractivity contribution in [1.29, 1.82) is 0 Å². The highest BCUT2D eigenvalue weighted by Crippen LogP contribution is 2.45. The van der Waals surface area contributed by atoms with E-state index in [0.29, 0.717) is 5.75 Å². The first-order valence-electron chi connectivity index (χ1n) is 9.31. The Labute approximate surface area is 171 Å². The van der Waals surface area contributed by atoms with Crippen LogP contribution in [0.1, 0.15) is 15.9 Å². The third-order valence-electron chi connectivity index (χ3n) is 5.17. The summed E-state index contributed by atoms with van der Waals surface area (Å²) in [6, 6.07) is 18.1. The fraction of sp³-hybridized carbons (Fsp3) is 0.0417. The molecule has 0 bridgehead atoms. The number of fused-ring (bicyclic) bond motifs is 2. The highest BCUT2D eigenvalue weighted by Gasteiger charge is 2.32. The molecule has 0 spiro atoms. The van der Waals surface area contributed by atoms with Crippen molar-refractivity contribution in [3.63, 3.8) is 0 Å². The maximum atomic E-state index is 12.9. The number of carbonyl (C=O) groups excluding carboxylic acids is 1. The number of methoxy groups -OCH3 is 1. The van der Waals surface area contributed by atoms with E-state index < -0.39 is 5.75 Å². The summed E-state index contributed by atoms with van der Waals surface area (Å²) < 4.78 is 11.0. The van der Waals surface area contributed by atoms with E-state index in [1.54, 1.807) is 13.2 Å². The molecule has 2 heterocycles. The van der Waals surface area contributed by atoms with Gasteiger partial charge in [-0.1, -0.05) is 30.3 Å². The standard InChI is InChI=1S/C24H17NO5/c1-29-14-7-9-18-16(11-14)17(21(25-18)13-5-3-2-4-6-13)12-20-22(27)15-8-10-19(26)23(28)24(15)30-20/h2-12,25-26,28H,1H3/b20-12-. The molecule has 6 heteroatoms. The Morgan fingerprint density at radius 2 is 1.83 bits per heavy atom. The van der Waals surface area contributed by atoms with Gasteiger partial charge in [0.15, 0.2) is 17.3 Å². The highest BCUT2D eigenvalue weighted by atomic mass is 16.5. The Morgan fingerprint density at radius 3 is 2.60 bits per heavy atom. The van der Waals surface area contributed by atoms with Gasteiger partial charge in [0.2, 0.25) is 11.5 Å². The number of hydrogen-bond donors (Lipinski definition) is 3. The Bertz CT molecular complexity index is 1330. The number of ketones is 1. The number of rotatable bonds is 3. The molecule has 0 amide bonds. The SMILES string of the molecule is COc1ccc2[nH]c(-c3ccccc3)c(/C=C3\Oc4c(ccc(O)c4O)C3=O)c2c1. The molecule has 5 rings (SSSR count). The van der Waals surface area contributed by atoms with E-state index in [4.69, 9.17) is 9.47 Å². The summed E-state index contributed by atoms with van der Waals surface area (Å²) in [4.78, 5) is 16.3. The van der Waals surface area contributed by atoms with Crippen molar-refractivity contribution in [2.45, 2.75) is 0 Å². The van der Waals surface area contributed by atoms with Crippen LogP contribution in [0, 0.1) is 0 Å². The van der Waals surface area contributed by atoms with Crippen molar-refractivity contribution < 1.29 is 24.5 Å². The van der Waals surface area contributed by atoms with Crippen LogP contribution in [0.25, 0.3) is 28.2 Å². The van der Waals surface area contributed by atoms with Gasteiger partial charge in [-0.2, -0.15) is 0 Å². The summed E-state index contributed by atoms with van der Waals surface area (Å²) in [5.41, 5.74) is 3.61. The van der Waals surface area contributed by atoms with Gasteiger partial charge in [0.25, 0.3) is 0 Å². The number of carbonyl (C=O) groups is 1. The third-order valence-corrected chi connectivity index (χ3v) is 5.17. The smallest absolute Gasteiger partial charge is 0.232 e. The summed E-state index contributed by atoms with van der Waals surface area (Å²) in [6.45, 7) is 0. The van der Waals surface area contributed by atoms with Gasteiger partial charge in [0.05, 0.1) is 18.4 Å². The monoisotopic (exact) mass is 399 g/mol. The fourth-order valence-electron chi connectivity index (χ4n) is 3.66. The molecule has 0 radical (unpaired) electrons. The molecule has 1 aliphatic heterocycles. The molecular weight excluding hydrogens is 382 g/mol. The molecule has 30 heavy (non-hydrogen) atoms. The number of ether oxygens (including phenoxy) is 2. The van der Waals surface area contributed by atoms with E-state index in [9.17, 15) is 15.0 Å². The molecule has 3 N–H and O–H groups in total. The van der Waals surface area contributed by atoms with Crippen molar-refractivity contribution in [2.24, 2.45) is 0 Å². The number of benzene rings is 3. The first-order valence-corrected chi connectivity index (χ1v) is 9.31. The quantitative estimate of drug-likeness (QED) is 0.338. The van der Waals surface area contributed by atoms with Gasteiger partial charge < -0.3 is 24.7 Å². The van der Waals surface area contributed by atoms with Crippen LogP contribution in [0.4, 0.5) is 0 Å². The number of hydrogen-bond acceptors (Lipinski definition) is 5. The van der Waals surface area contributed by atoms with E-state index in [1.165, 1.54) is 12.1 Å². The number of aromatic nitrogens is 1. The first-order chi connectivity index (χ1) is 14.6. The Balaban J connectivity index is 1.72. The van der Waals surface area contributed by atoms with Crippen LogP contribution in [0.5, 0.6) is 23.0 Å². The Hall–Kier alpha value is -4.19. The molecule has 0 atom stereocenters. The molecule has 0 saturated heterocycles. The maximum Gasteiger partial charge on any atom is 0.232 e. The zero-order chi connectivity index (χ0) is 20.8. The predicted molar refractivity (Wildman–Crippen MR) is 113 cm³/mol. The van der Waals surface area contributed by atoms with Crippen molar-refractivity contribution in [3.05, 3.63) is 77.5 Å². The van der Waals surface area contributed by atoms with Crippen LogP contribution in [-0.4, -0.2) is 28.1 Å². The van der Waals surface area contributed by atoms with E-state index in [0.717, 1.165) is 27.7 Å². The zero-order valence-corrected chi connectivity index (χ0v) is 16.0. The number of aromatic hydroxyl groups is 2. The second-order valence-corrected chi connectivity index (χ2v) is 6.94. The lowest BCUT2D eigenvalue weighted by Gasteiger charge is -2.04. The van der Waals surface area contributed by atoms with Gasteiger partial charge >= 0.3 is 0 Å². The number of nitrogens with one attached hydrogen (secondary N) is 1. The van der Waals surface area contributed by atoms with Crippen molar-refractivity contribution in [2.75, 3.05) is 7.11 Å². The number of aromatic amines is 1. The van der Waals surface area contributed by atoms with Crippen LogP contribution in [0.3, 0.4) is 0 Å². The van der Waals surface area contributed by atoms with Crippen LogP contribution >= 0.6 is 0 Å². The van der Waals surface area contributed by atoms with Gasteiger partial charge in [0.1, 0.15) is 5.75 Å². The lowest BCUT2D eigenvalue weighted by Crippen LogP contribution is -1.98. The number of H-pyrrole nitrogens is 1. The molecule has 0 unspecified atom stereocenters. The molecule has 1 aromatic heterocycles. The number of phenolic OH excluding ortho intramolecular Hbond substituents is 2. The van der Waals surface area contributed by atoms with Gasteiger partial charge in [-0.15, -0.1) is 0 Å². The third kappa shape index (κ3) is 2.69. The molecule has 4 aromatic rings. The minimum Gasteiger partial charge on any atom is -0.504 e.